The maximum absolute atomic E-state index is 12.3. The standard InChI is InChI=1S/C15H22N2O2/c1-15(2)13(16)9-6-10-17(15)14(18)11-19-12-7-4-3-5-8-12/h3-5,7-8,13H,6,9-11,16H2,1-2H3. The van der Waals surface area contributed by atoms with Crippen LogP contribution in [0.25, 0.3) is 0 Å². The SMILES string of the molecule is CC1(C)C(N)CCCN1C(=O)COc1ccccc1. The molecule has 0 aliphatic carbocycles. The fourth-order valence-electron chi connectivity index (χ4n) is 2.50. The van der Waals surface area contributed by atoms with Crippen molar-refractivity contribution in [3.8, 4) is 5.75 Å². The van der Waals surface area contributed by atoms with Gasteiger partial charge in [-0.15, -0.1) is 0 Å². The van der Waals surface area contributed by atoms with Crippen LogP contribution in [0.4, 0.5) is 0 Å². The number of para-hydroxylation sites is 1. The van der Waals surface area contributed by atoms with Gasteiger partial charge in [0, 0.05) is 12.6 Å². The number of carbonyl (C=O) groups excluding carboxylic acids is 1. The molecular weight excluding hydrogens is 240 g/mol. The Bertz CT molecular complexity index is 431. The van der Waals surface area contributed by atoms with Gasteiger partial charge in [-0.2, -0.15) is 0 Å². The summed E-state index contributed by atoms with van der Waals surface area (Å²) in [5.74, 6) is 0.721. The van der Waals surface area contributed by atoms with Crippen molar-refractivity contribution in [2.75, 3.05) is 13.2 Å². The second kappa shape index (κ2) is 5.61. The van der Waals surface area contributed by atoms with Gasteiger partial charge < -0.3 is 15.4 Å². The monoisotopic (exact) mass is 262 g/mol. The molecule has 1 aliphatic heterocycles. The smallest absolute Gasteiger partial charge is 0.261 e. The summed E-state index contributed by atoms with van der Waals surface area (Å²) < 4.78 is 5.52. The van der Waals surface area contributed by atoms with E-state index in [2.05, 4.69) is 0 Å². The number of ether oxygens (including phenoxy) is 1. The van der Waals surface area contributed by atoms with Crippen molar-refractivity contribution in [1.29, 1.82) is 0 Å². The molecule has 4 heteroatoms. The maximum atomic E-state index is 12.3. The van der Waals surface area contributed by atoms with Crippen molar-refractivity contribution in [2.45, 2.75) is 38.3 Å². The maximum Gasteiger partial charge on any atom is 0.261 e. The Labute approximate surface area is 114 Å². The highest BCUT2D eigenvalue weighted by molar-refractivity contribution is 5.78. The second-order valence-electron chi connectivity index (χ2n) is 5.55. The van der Waals surface area contributed by atoms with Crippen LogP contribution < -0.4 is 10.5 Å². The van der Waals surface area contributed by atoms with Crippen molar-refractivity contribution >= 4 is 5.91 Å². The van der Waals surface area contributed by atoms with Gasteiger partial charge in [-0.05, 0) is 38.8 Å². The van der Waals surface area contributed by atoms with Crippen LogP contribution in [0.5, 0.6) is 5.75 Å². The largest absolute Gasteiger partial charge is 0.484 e. The highest BCUT2D eigenvalue weighted by Gasteiger charge is 2.39. The summed E-state index contributed by atoms with van der Waals surface area (Å²) in [6, 6.07) is 9.42. The van der Waals surface area contributed by atoms with Crippen LogP contribution in [0.15, 0.2) is 30.3 Å². The van der Waals surface area contributed by atoms with E-state index >= 15 is 0 Å². The predicted molar refractivity (Wildman–Crippen MR) is 74.9 cm³/mol. The summed E-state index contributed by atoms with van der Waals surface area (Å²) in [5, 5.41) is 0. The van der Waals surface area contributed by atoms with E-state index in [0.717, 1.165) is 25.1 Å². The molecule has 0 bridgehead atoms. The lowest BCUT2D eigenvalue weighted by Crippen LogP contribution is -2.62. The molecule has 1 atom stereocenters. The van der Waals surface area contributed by atoms with E-state index in [-0.39, 0.29) is 24.1 Å². The molecule has 1 heterocycles. The zero-order chi connectivity index (χ0) is 13.9. The first-order valence-corrected chi connectivity index (χ1v) is 6.75. The van der Waals surface area contributed by atoms with Crippen molar-refractivity contribution in [2.24, 2.45) is 5.73 Å². The summed E-state index contributed by atoms with van der Waals surface area (Å²) in [6.45, 7) is 4.88. The topological polar surface area (TPSA) is 55.6 Å². The quantitative estimate of drug-likeness (QED) is 0.903. The number of rotatable bonds is 3. The molecule has 4 nitrogen and oxygen atoms in total. The first-order chi connectivity index (χ1) is 9.01. The molecule has 2 N–H and O–H groups in total. The van der Waals surface area contributed by atoms with Crippen LogP contribution in [0.3, 0.4) is 0 Å². The van der Waals surface area contributed by atoms with E-state index in [1.54, 1.807) is 0 Å². The van der Waals surface area contributed by atoms with E-state index in [1.807, 2.05) is 49.1 Å². The Morgan fingerprint density at radius 2 is 2.11 bits per heavy atom. The molecule has 1 saturated heterocycles. The Hall–Kier alpha value is -1.55. The number of amides is 1. The van der Waals surface area contributed by atoms with Gasteiger partial charge in [0.05, 0.1) is 5.54 Å². The van der Waals surface area contributed by atoms with Crippen molar-refractivity contribution < 1.29 is 9.53 Å². The number of piperidine rings is 1. The average molecular weight is 262 g/mol. The molecule has 1 unspecified atom stereocenters. The minimum atomic E-state index is -0.296. The minimum absolute atomic E-state index is 0.00371. The van der Waals surface area contributed by atoms with Gasteiger partial charge in [0.25, 0.3) is 5.91 Å². The van der Waals surface area contributed by atoms with Gasteiger partial charge in [-0.25, -0.2) is 0 Å². The first kappa shape index (κ1) is 13.9. The fourth-order valence-corrected chi connectivity index (χ4v) is 2.50. The average Bonchev–Trinajstić information content (AvgIpc) is 2.40. The fraction of sp³-hybridized carbons (Fsp3) is 0.533. The third-order valence-corrected chi connectivity index (χ3v) is 3.91. The molecule has 1 aromatic rings. The molecule has 2 rings (SSSR count). The molecule has 19 heavy (non-hydrogen) atoms. The van der Waals surface area contributed by atoms with Crippen LogP contribution in [-0.4, -0.2) is 35.5 Å². The Balaban J connectivity index is 1.96. The highest BCUT2D eigenvalue weighted by Crippen LogP contribution is 2.26. The van der Waals surface area contributed by atoms with E-state index in [1.165, 1.54) is 0 Å². The predicted octanol–water partition coefficient (Wildman–Crippen LogP) is 1.79. The van der Waals surface area contributed by atoms with E-state index < -0.39 is 0 Å². The summed E-state index contributed by atoms with van der Waals surface area (Å²) >= 11 is 0. The van der Waals surface area contributed by atoms with Crippen molar-refractivity contribution in [1.82, 2.24) is 4.90 Å². The van der Waals surface area contributed by atoms with Crippen LogP contribution in [-0.2, 0) is 4.79 Å². The van der Waals surface area contributed by atoms with Crippen LogP contribution >= 0.6 is 0 Å². The Morgan fingerprint density at radius 1 is 1.42 bits per heavy atom. The van der Waals surface area contributed by atoms with Gasteiger partial charge in [0.15, 0.2) is 6.61 Å². The number of benzene rings is 1. The number of hydrogen-bond donors (Lipinski definition) is 1. The number of nitrogens with zero attached hydrogens (tertiary/aromatic N) is 1. The van der Waals surface area contributed by atoms with Crippen LogP contribution in [0.1, 0.15) is 26.7 Å². The minimum Gasteiger partial charge on any atom is -0.484 e. The zero-order valence-electron chi connectivity index (χ0n) is 11.6. The molecule has 0 spiro atoms. The summed E-state index contributed by atoms with van der Waals surface area (Å²) in [6.07, 6.45) is 1.93. The molecule has 0 saturated carbocycles. The second-order valence-corrected chi connectivity index (χ2v) is 5.55. The lowest BCUT2D eigenvalue weighted by molar-refractivity contribution is -0.141. The lowest BCUT2D eigenvalue weighted by atomic mass is 9.85. The Kier molecular flexibility index (Phi) is 4.10. The molecular formula is C15H22N2O2. The van der Waals surface area contributed by atoms with E-state index in [0.29, 0.717) is 0 Å². The van der Waals surface area contributed by atoms with Gasteiger partial charge >= 0.3 is 0 Å². The molecule has 1 fully saturated rings. The molecule has 0 aromatic heterocycles. The highest BCUT2D eigenvalue weighted by atomic mass is 16.5. The third-order valence-electron chi connectivity index (χ3n) is 3.91. The number of hydrogen-bond acceptors (Lipinski definition) is 3. The summed E-state index contributed by atoms with van der Waals surface area (Å²) in [7, 11) is 0. The van der Waals surface area contributed by atoms with E-state index in [4.69, 9.17) is 10.5 Å². The van der Waals surface area contributed by atoms with Crippen molar-refractivity contribution in [3.63, 3.8) is 0 Å². The molecule has 104 valence electrons. The Morgan fingerprint density at radius 3 is 2.79 bits per heavy atom. The molecule has 1 aliphatic rings. The van der Waals surface area contributed by atoms with Gasteiger partial charge in [-0.1, -0.05) is 18.2 Å². The third kappa shape index (κ3) is 3.07. The number of likely N-dealkylation sites (tertiary alicyclic amines) is 1. The summed E-state index contributed by atoms with van der Waals surface area (Å²) in [4.78, 5) is 14.1. The van der Waals surface area contributed by atoms with Crippen LogP contribution in [0, 0.1) is 0 Å². The first-order valence-electron chi connectivity index (χ1n) is 6.75. The van der Waals surface area contributed by atoms with E-state index in [9.17, 15) is 4.79 Å². The lowest BCUT2D eigenvalue weighted by Gasteiger charge is -2.46. The normalized spacial score (nSPS) is 22.1. The number of nitrogens with two attached hydrogens (primary N) is 1. The van der Waals surface area contributed by atoms with Gasteiger partial charge in [0.1, 0.15) is 5.75 Å². The van der Waals surface area contributed by atoms with Crippen molar-refractivity contribution in [3.05, 3.63) is 30.3 Å². The van der Waals surface area contributed by atoms with Gasteiger partial charge in [0.2, 0.25) is 0 Å². The molecule has 1 amide bonds. The zero-order valence-corrected chi connectivity index (χ0v) is 11.6. The molecule has 0 radical (unpaired) electrons. The summed E-state index contributed by atoms with van der Waals surface area (Å²) in [5.41, 5.74) is 5.82. The molecule has 1 aromatic carbocycles. The van der Waals surface area contributed by atoms with Gasteiger partial charge in [-0.3, -0.25) is 4.79 Å². The number of carbonyl (C=O) groups is 1. The van der Waals surface area contributed by atoms with Crippen LogP contribution in [0.2, 0.25) is 0 Å².